The van der Waals surface area contributed by atoms with Gasteiger partial charge in [0.1, 0.15) is 0 Å². The van der Waals surface area contributed by atoms with Crippen molar-refractivity contribution in [2.75, 3.05) is 0 Å². The molecule has 0 N–H and O–H groups in total. The number of hydrogen-bond acceptors (Lipinski definition) is 1. The Morgan fingerprint density at radius 2 is 0.673 bits per heavy atom. The molecule has 1 aliphatic carbocycles. The van der Waals surface area contributed by atoms with Crippen molar-refractivity contribution in [1.29, 1.82) is 0 Å². The Hall–Kier alpha value is -7.09. The zero-order valence-electron chi connectivity index (χ0n) is 30.3. The summed E-state index contributed by atoms with van der Waals surface area (Å²) in [6, 6.07) is 81.2. The molecular formula is C54H37N. The summed E-state index contributed by atoms with van der Waals surface area (Å²) >= 11 is 0. The molecule has 0 saturated carbocycles. The van der Waals surface area contributed by atoms with E-state index in [4.69, 9.17) is 4.98 Å². The minimum absolute atomic E-state index is 0.389. The van der Waals surface area contributed by atoms with E-state index < -0.39 is 0 Å². The number of rotatable bonds is 7. The molecule has 258 valence electrons. The van der Waals surface area contributed by atoms with Crippen LogP contribution in [0.25, 0.3) is 67.0 Å². The van der Waals surface area contributed by atoms with Gasteiger partial charge in [0.15, 0.2) is 0 Å². The number of fused-ring (bicyclic) bond motifs is 3. The van der Waals surface area contributed by atoms with Crippen molar-refractivity contribution in [3.05, 3.63) is 247 Å². The molecule has 0 fully saturated rings. The smallest absolute Gasteiger partial charge is 0.0715 e. The van der Waals surface area contributed by atoms with Gasteiger partial charge in [0.25, 0.3) is 0 Å². The highest BCUT2D eigenvalue weighted by molar-refractivity contribution is 5.89. The van der Waals surface area contributed by atoms with Crippen molar-refractivity contribution in [2.45, 2.75) is 5.41 Å². The van der Waals surface area contributed by atoms with Crippen LogP contribution < -0.4 is 0 Å². The van der Waals surface area contributed by atoms with Crippen LogP contribution >= 0.6 is 0 Å². The molecule has 0 aliphatic heterocycles. The molecule has 0 atom stereocenters. The molecule has 1 aliphatic rings. The molecule has 55 heavy (non-hydrogen) atoms. The first-order chi connectivity index (χ1) is 27.3. The van der Waals surface area contributed by atoms with Gasteiger partial charge in [-0.2, -0.15) is 0 Å². The van der Waals surface area contributed by atoms with E-state index in [2.05, 4.69) is 212 Å². The van der Waals surface area contributed by atoms with E-state index in [0.717, 1.165) is 33.6 Å². The first kappa shape index (κ1) is 32.6. The van der Waals surface area contributed by atoms with E-state index in [0.29, 0.717) is 0 Å². The Kier molecular flexibility index (Phi) is 8.12. The van der Waals surface area contributed by atoms with E-state index >= 15 is 0 Å². The van der Waals surface area contributed by atoms with E-state index in [1.807, 2.05) is 12.1 Å². The number of pyridine rings is 1. The predicted octanol–water partition coefficient (Wildman–Crippen LogP) is 13.8. The highest BCUT2D eigenvalue weighted by Gasteiger charge is 2.45. The maximum absolute atomic E-state index is 5.09. The third-order valence-corrected chi connectivity index (χ3v) is 11.2. The summed E-state index contributed by atoms with van der Waals surface area (Å²) in [5.41, 5.74) is 18.6. The fraction of sp³-hybridized carbons (Fsp3) is 0.0185. The zero-order chi connectivity index (χ0) is 36.6. The summed E-state index contributed by atoms with van der Waals surface area (Å²) in [6.45, 7) is 0. The Balaban J connectivity index is 1.02. The lowest BCUT2D eigenvalue weighted by Crippen LogP contribution is -2.28. The van der Waals surface area contributed by atoms with Crippen LogP contribution in [0, 0.1) is 0 Å². The lowest BCUT2D eigenvalue weighted by atomic mass is 9.67. The quantitative estimate of drug-likeness (QED) is 0.161. The molecule has 0 saturated heterocycles. The van der Waals surface area contributed by atoms with Gasteiger partial charge in [0, 0.05) is 11.1 Å². The van der Waals surface area contributed by atoms with Crippen molar-refractivity contribution in [1.82, 2.24) is 4.98 Å². The molecule has 1 aromatic heterocycles. The van der Waals surface area contributed by atoms with Crippen LogP contribution in [-0.2, 0) is 5.41 Å². The van der Waals surface area contributed by atoms with Crippen molar-refractivity contribution in [3.63, 3.8) is 0 Å². The van der Waals surface area contributed by atoms with Crippen LogP contribution in [0.4, 0.5) is 0 Å². The van der Waals surface area contributed by atoms with Crippen LogP contribution in [-0.4, -0.2) is 4.98 Å². The average Bonchev–Trinajstić information content (AvgIpc) is 3.58. The summed E-state index contributed by atoms with van der Waals surface area (Å²) in [6.07, 6.45) is 0. The molecule has 0 amide bonds. The van der Waals surface area contributed by atoms with Gasteiger partial charge in [-0.1, -0.05) is 200 Å². The highest BCUT2D eigenvalue weighted by Crippen LogP contribution is 2.56. The van der Waals surface area contributed by atoms with Gasteiger partial charge >= 0.3 is 0 Å². The lowest BCUT2D eigenvalue weighted by Gasteiger charge is -2.33. The van der Waals surface area contributed by atoms with Crippen LogP contribution in [0.3, 0.4) is 0 Å². The molecule has 9 aromatic rings. The Bertz CT molecular complexity index is 2670. The fourth-order valence-electron chi connectivity index (χ4n) is 8.57. The molecular weight excluding hydrogens is 663 g/mol. The third-order valence-electron chi connectivity index (χ3n) is 11.2. The number of hydrogen-bond donors (Lipinski definition) is 0. The zero-order valence-corrected chi connectivity index (χ0v) is 30.3. The first-order valence-corrected chi connectivity index (χ1v) is 19.0. The Morgan fingerprint density at radius 1 is 0.255 bits per heavy atom. The summed E-state index contributed by atoms with van der Waals surface area (Å²) in [7, 11) is 0. The number of nitrogens with zero attached hydrogens (tertiary/aromatic N) is 1. The van der Waals surface area contributed by atoms with Gasteiger partial charge in [-0.3, -0.25) is 0 Å². The van der Waals surface area contributed by atoms with Crippen molar-refractivity contribution in [3.8, 4) is 67.0 Å². The summed E-state index contributed by atoms with van der Waals surface area (Å²) in [4.78, 5) is 5.09. The van der Waals surface area contributed by atoms with Gasteiger partial charge in [-0.05, 0) is 91.0 Å². The maximum Gasteiger partial charge on any atom is 0.0715 e. The van der Waals surface area contributed by atoms with E-state index in [-0.39, 0.29) is 5.41 Å². The van der Waals surface area contributed by atoms with Crippen molar-refractivity contribution in [2.24, 2.45) is 0 Å². The Labute approximate surface area is 322 Å². The molecule has 0 radical (unpaired) electrons. The van der Waals surface area contributed by atoms with Crippen molar-refractivity contribution >= 4 is 0 Å². The molecule has 0 spiro atoms. The van der Waals surface area contributed by atoms with Crippen molar-refractivity contribution < 1.29 is 0 Å². The summed E-state index contributed by atoms with van der Waals surface area (Å²) in [5.74, 6) is 0. The van der Waals surface area contributed by atoms with E-state index in [9.17, 15) is 0 Å². The second-order valence-corrected chi connectivity index (χ2v) is 14.3. The monoisotopic (exact) mass is 699 g/mol. The molecule has 1 heterocycles. The van der Waals surface area contributed by atoms with Gasteiger partial charge in [0.05, 0.1) is 16.8 Å². The normalized spacial score (nSPS) is 12.5. The largest absolute Gasteiger partial charge is 0.248 e. The van der Waals surface area contributed by atoms with Gasteiger partial charge in [-0.25, -0.2) is 4.98 Å². The minimum atomic E-state index is -0.389. The standard InChI is InChI=1S/C54H37N/c1-5-16-40(17-6-1)52-36-45(37-53(55-52)41-18-7-2-8-19-41)43-21-15-20-42(34-43)38-28-30-39(31-29-38)44-32-33-51-49(35-44)48-26-13-14-27-50(48)54(51,46-22-9-3-10-23-46)47-24-11-4-12-25-47/h1-37H. The van der Waals surface area contributed by atoms with Crippen LogP contribution in [0.2, 0.25) is 0 Å². The van der Waals surface area contributed by atoms with Crippen LogP contribution in [0.5, 0.6) is 0 Å². The Morgan fingerprint density at radius 3 is 1.24 bits per heavy atom. The molecule has 1 nitrogen and oxygen atoms in total. The van der Waals surface area contributed by atoms with Gasteiger partial charge in [0.2, 0.25) is 0 Å². The molecule has 0 unspecified atom stereocenters. The topological polar surface area (TPSA) is 12.9 Å². The SMILES string of the molecule is c1ccc(-c2cc(-c3cccc(-c4ccc(-c5ccc6c(c5)-c5ccccc5C6(c5ccccc5)c5ccccc5)cc4)c3)cc(-c3ccccc3)n2)cc1. The average molecular weight is 700 g/mol. The third kappa shape index (κ3) is 5.69. The molecule has 0 bridgehead atoms. The lowest BCUT2D eigenvalue weighted by molar-refractivity contribution is 0.768. The summed E-state index contributed by atoms with van der Waals surface area (Å²) < 4.78 is 0. The van der Waals surface area contributed by atoms with Crippen LogP contribution in [0.1, 0.15) is 22.3 Å². The predicted molar refractivity (Wildman–Crippen MR) is 229 cm³/mol. The number of benzene rings is 8. The fourth-order valence-corrected chi connectivity index (χ4v) is 8.57. The van der Waals surface area contributed by atoms with Crippen LogP contribution in [0.15, 0.2) is 224 Å². The highest BCUT2D eigenvalue weighted by atomic mass is 14.7. The molecule has 1 heteroatoms. The first-order valence-electron chi connectivity index (χ1n) is 19.0. The maximum atomic E-state index is 5.09. The van der Waals surface area contributed by atoms with Gasteiger partial charge in [-0.15, -0.1) is 0 Å². The minimum Gasteiger partial charge on any atom is -0.248 e. The second kappa shape index (κ2) is 13.7. The van der Waals surface area contributed by atoms with Gasteiger partial charge < -0.3 is 0 Å². The van der Waals surface area contributed by atoms with E-state index in [1.165, 1.54) is 55.6 Å². The molecule has 10 rings (SSSR count). The molecule has 8 aromatic carbocycles. The number of aromatic nitrogens is 1. The van der Waals surface area contributed by atoms with E-state index in [1.54, 1.807) is 0 Å². The summed E-state index contributed by atoms with van der Waals surface area (Å²) in [5, 5.41) is 0. The second-order valence-electron chi connectivity index (χ2n) is 14.3.